The third kappa shape index (κ3) is 4.83. The van der Waals surface area contributed by atoms with Gasteiger partial charge in [-0.1, -0.05) is 49.8 Å². The summed E-state index contributed by atoms with van der Waals surface area (Å²) in [5.74, 6) is -2.44. The van der Waals surface area contributed by atoms with Crippen LogP contribution in [0.3, 0.4) is 0 Å². The molecule has 0 bridgehead atoms. The molecule has 2 N–H and O–H groups in total. The molecular weight excluding hydrogens is 360 g/mol. The molecule has 1 aromatic heterocycles. The van der Waals surface area contributed by atoms with Crippen molar-refractivity contribution in [1.29, 1.82) is 0 Å². The van der Waals surface area contributed by atoms with Crippen molar-refractivity contribution in [2.24, 2.45) is 11.8 Å². The lowest BCUT2D eigenvalue weighted by atomic mass is 9.82. The minimum atomic E-state index is -0.928. The molecule has 0 spiro atoms. The quantitative estimate of drug-likeness (QED) is 0.675. The number of hydrogen-bond donors (Lipinski definition) is 2. The van der Waals surface area contributed by atoms with Crippen molar-refractivity contribution >= 4 is 28.3 Å². The van der Waals surface area contributed by atoms with Crippen molar-refractivity contribution < 1.29 is 14.7 Å². The Hall–Kier alpha value is -2.47. The predicted octanol–water partition coefficient (Wildman–Crippen LogP) is 4.76. The lowest BCUT2D eigenvalue weighted by Crippen LogP contribution is -2.34. The topological polar surface area (TPSA) is 79.3 Å². The average molecular weight is 385 g/mol. The third-order valence-corrected chi connectivity index (χ3v) is 5.65. The fourth-order valence-electron chi connectivity index (χ4n) is 3.26. The highest BCUT2D eigenvalue weighted by atomic mass is 32.1. The fraction of sp³-hybridized carbons (Fsp3) is 0.381. The maximum absolute atomic E-state index is 12.5. The van der Waals surface area contributed by atoms with E-state index in [0.717, 1.165) is 17.7 Å². The second kappa shape index (κ2) is 8.95. The molecule has 3 rings (SSSR count). The van der Waals surface area contributed by atoms with Crippen LogP contribution in [0, 0.1) is 11.8 Å². The SMILES string of the molecule is CCCCc1ccc(-c2csc(NC(=O)[C@H]3CC=CC[C@H]3C(=O)O)n2)cc1. The molecule has 142 valence electrons. The number of aryl methyl sites for hydroxylation is 1. The van der Waals surface area contributed by atoms with Crippen LogP contribution in [0.5, 0.6) is 0 Å². The number of unbranched alkanes of at least 4 members (excludes halogenated alkanes) is 1. The molecule has 1 heterocycles. The summed E-state index contributed by atoms with van der Waals surface area (Å²) in [7, 11) is 0. The maximum Gasteiger partial charge on any atom is 0.307 e. The second-order valence-corrected chi connectivity index (χ2v) is 7.68. The van der Waals surface area contributed by atoms with E-state index in [1.165, 1.54) is 29.7 Å². The normalized spacial score (nSPS) is 19.0. The predicted molar refractivity (Wildman–Crippen MR) is 108 cm³/mol. The lowest BCUT2D eigenvalue weighted by Gasteiger charge is -2.23. The summed E-state index contributed by atoms with van der Waals surface area (Å²) in [6, 6.07) is 8.35. The molecule has 0 unspecified atom stereocenters. The monoisotopic (exact) mass is 384 g/mol. The van der Waals surface area contributed by atoms with Crippen molar-refractivity contribution in [2.75, 3.05) is 5.32 Å². The number of nitrogens with zero attached hydrogens (tertiary/aromatic N) is 1. The number of carbonyl (C=O) groups is 2. The first-order valence-electron chi connectivity index (χ1n) is 9.32. The van der Waals surface area contributed by atoms with Crippen molar-refractivity contribution in [2.45, 2.75) is 39.0 Å². The summed E-state index contributed by atoms with van der Waals surface area (Å²) in [5, 5.41) is 14.5. The van der Waals surface area contributed by atoms with Gasteiger partial charge in [0.2, 0.25) is 5.91 Å². The largest absolute Gasteiger partial charge is 0.481 e. The van der Waals surface area contributed by atoms with Gasteiger partial charge < -0.3 is 10.4 Å². The molecule has 2 atom stereocenters. The number of carboxylic acids is 1. The number of allylic oxidation sites excluding steroid dienone is 2. The van der Waals surface area contributed by atoms with E-state index in [9.17, 15) is 14.7 Å². The van der Waals surface area contributed by atoms with Crippen LogP contribution >= 0.6 is 11.3 Å². The Morgan fingerprint density at radius 2 is 1.89 bits per heavy atom. The summed E-state index contributed by atoms with van der Waals surface area (Å²) in [4.78, 5) is 28.4. The molecule has 1 aliphatic rings. The standard InChI is InChI=1S/C21H24N2O3S/c1-2-3-6-14-9-11-15(12-10-14)18-13-27-21(22-18)23-19(24)16-7-4-5-8-17(16)20(25)26/h4-5,9-13,16-17H,2-3,6-8H2,1H3,(H,25,26)(H,22,23,24)/t16-,17+/m0/s1. The Labute approximate surface area is 163 Å². The van der Waals surface area contributed by atoms with Gasteiger partial charge in [0.1, 0.15) is 0 Å². The zero-order valence-corrected chi connectivity index (χ0v) is 16.2. The molecule has 2 aromatic rings. The van der Waals surface area contributed by atoms with Crippen molar-refractivity contribution in [3.8, 4) is 11.3 Å². The number of carboxylic acid groups (broad SMARTS) is 1. The van der Waals surface area contributed by atoms with Gasteiger partial charge in [-0.25, -0.2) is 4.98 Å². The van der Waals surface area contributed by atoms with Crippen LogP contribution in [0.2, 0.25) is 0 Å². The first-order valence-corrected chi connectivity index (χ1v) is 10.2. The first kappa shape index (κ1) is 19.3. The molecule has 0 saturated carbocycles. The van der Waals surface area contributed by atoms with Gasteiger partial charge in [-0.2, -0.15) is 0 Å². The lowest BCUT2D eigenvalue weighted by molar-refractivity contribution is -0.146. The highest BCUT2D eigenvalue weighted by Crippen LogP contribution is 2.29. The number of hydrogen-bond acceptors (Lipinski definition) is 4. The van der Waals surface area contributed by atoms with E-state index in [2.05, 4.69) is 41.5 Å². The number of amides is 1. The number of thiazole rings is 1. The van der Waals surface area contributed by atoms with E-state index in [4.69, 9.17) is 0 Å². The van der Waals surface area contributed by atoms with Crippen molar-refractivity contribution in [1.82, 2.24) is 4.98 Å². The van der Waals surface area contributed by atoms with Crippen LogP contribution in [0.1, 0.15) is 38.2 Å². The van der Waals surface area contributed by atoms with Crippen LogP contribution in [0.25, 0.3) is 11.3 Å². The molecule has 0 radical (unpaired) electrons. The summed E-state index contributed by atoms with van der Waals surface area (Å²) in [5.41, 5.74) is 3.14. The number of anilines is 1. The number of nitrogens with one attached hydrogen (secondary N) is 1. The van der Waals surface area contributed by atoms with E-state index in [0.29, 0.717) is 18.0 Å². The van der Waals surface area contributed by atoms with E-state index in [1.807, 2.05) is 17.5 Å². The van der Waals surface area contributed by atoms with Crippen LogP contribution < -0.4 is 5.32 Å². The highest BCUT2D eigenvalue weighted by Gasteiger charge is 2.34. The fourth-order valence-corrected chi connectivity index (χ4v) is 3.98. The average Bonchev–Trinajstić information content (AvgIpc) is 3.15. The van der Waals surface area contributed by atoms with Gasteiger partial charge in [-0.3, -0.25) is 9.59 Å². The molecule has 6 heteroatoms. The zero-order chi connectivity index (χ0) is 19.2. The molecule has 0 saturated heterocycles. The number of benzene rings is 1. The van der Waals surface area contributed by atoms with Gasteiger partial charge in [0, 0.05) is 10.9 Å². The Bertz CT molecular complexity index is 826. The summed E-state index contributed by atoms with van der Waals surface area (Å²) in [6.45, 7) is 2.18. The van der Waals surface area contributed by atoms with Gasteiger partial charge in [0.15, 0.2) is 5.13 Å². The summed E-state index contributed by atoms with van der Waals surface area (Å²) < 4.78 is 0. The maximum atomic E-state index is 12.5. The minimum Gasteiger partial charge on any atom is -0.481 e. The van der Waals surface area contributed by atoms with Crippen molar-refractivity contribution in [3.63, 3.8) is 0 Å². The summed E-state index contributed by atoms with van der Waals surface area (Å²) in [6.07, 6.45) is 7.97. The number of rotatable bonds is 7. The van der Waals surface area contributed by atoms with Crippen LogP contribution in [-0.4, -0.2) is 22.0 Å². The van der Waals surface area contributed by atoms with Gasteiger partial charge >= 0.3 is 5.97 Å². The number of aliphatic carboxylic acids is 1. The van der Waals surface area contributed by atoms with Gasteiger partial charge in [0.05, 0.1) is 17.5 Å². The number of aromatic nitrogens is 1. The number of carbonyl (C=O) groups excluding carboxylic acids is 1. The third-order valence-electron chi connectivity index (χ3n) is 4.89. The molecule has 27 heavy (non-hydrogen) atoms. The second-order valence-electron chi connectivity index (χ2n) is 6.82. The Morgan fingerprint density at radius 1 is 1.19 bits per heavy atom. The van der Waals surface area contributed by atoms with Crippen LogP contribution in [0.15, 0.2) is 41.8 Å². The smallest absolute Gasteiger partial charge is 0.307 e. The first-order chi connectivity index (χ1) is 13.1. The molecule has 0 aliphatic heterocycles. The molecule has 1 amide bonds. The van der Waals surface area contributed by atoms with Crippen LogP contribution in [0.4, 0.5) is 5.13 Å². The van der Waals surface area contributed by atoms with Gasteiger partial charge in [-0.15, -0.1) is 11.3 Å². The molecule has 1 aromatic carbocycles. The molecule has 0 fully saturated rings. The van der Waals surface area contributed by atoms with Gasteiger partial charge in [0.25, 0.3) is 0 Å². The zero-order valence-electron chi connectivity index (χ0n) is 15.4. The Balaban J connectivity index is 1.66. The molecular formula is C21H24N2O3S. The summed E-state index contributed by atoms with van der Waals surface area (Å²) >= 11 is 1.36. The van der Waals surface area contributed by atoms with Gasteiger partial charge in [-0.05, 0) is 31.2 Å². The minimum absolute atomic E-state index is 0.275. The van der Waals surface area contributed by atoms with E-state index in [-0.39, 0.29) is 5.91 Å². The Kier molecular flexibility index (Phi) is 6.40. The highest BCUT2D eigenvalue weighted by molar-refractivity contribution is 7.14. The molecule has 5 nitrogen and oxygen atoms in total. The van der Waals surface area contributed by atoms with Crippen molar-refractivity contribution in [3.05, 3.63) is 47.4 Å². The van der Waals surface area contributed by atoms with E-state index in [1.54, 1.807) is 0 Å². The van der Waals surface area contributed by atoms with E-state index < -0.39 is 17.8 Å². The van der Waals surface area contributed by atoms with E-state index >= 15 is 0 Å². The Morgan fingerprint density at radius 3 is 2.56 bits per heavy atom. The molecule has 1 aliphatic carbocycles. The van der Waals surface area contributed by atoms with Crippen LogP contribution in [-0.2, 0) is 16.0 Å².